The van der Waals surface area contributed by atoms with Gasteiger partial charge in [0, 0.05) is 6.54 Å². The van der Waals surface area contributed by atoms with Gasteiger partial charge in [0.05, 0.1) is 25.2 Å². The predicted octanol–water partition coefficient (Wildman–Crippen LogP) is 0.640. The summed E-state index contributed by atoms with van der Waals surface area (Å²) in [5, 5.41) is 3.41. The molecule has 1 saturated heterocycles. The van der Waals surface area contributed by atoms with Gasteiger partial charge in [0.15, 0.2) is 0 Å². The van der Waals surface area contributed by atoms with Crippen molar-refractivity contribution in [1.29, 1.82) is 0 Å². The molecule has 1 atom stereocenters. The van der Waals surface area contributed by atoms with Crippen molar-refractivity contribution in [3.05, 3.63) is 0 Å². The summed E-state index contributed by atoms with van der Waals surface area (Å²) in [5.74, 6) is -0.0929. The van der Waals surface area contributed by atoms with Gasteiger partial charge in [-0.25, -0.2) is 0 Å². The normalized spacial score (nSPS) is 25.4. The molecule has 0 bridgehead atoms. The Bertz CT molecular complexity index is 326. The lowest BCUT2D eigenvalue weighted by atomic mass is 10.2. The molecule has 5 nitrogen and oxygen atoms in total. The SMILES string of the molecule is CCCC1NC2(CC2)C(=O)N1CCC(=O)OC. The summed E-state index contributed by atoms with van der Waals surface area (Å²) < 4.78 is 4.61. The molecule has 1 unspecified atom stereocenters. The van der Waals surface area contributed by atoms with Crippen molar-refractivity contribution in [3.63, 3.8) is 0 Å². The lowest BCUT2D eigenvalue weighted by Gasteiger charge is -2.23. The van der Waals surface area contributed by atoms with E-state index in [0.29, 0.717) is 6.54 Å². The summed E-state index contributed by atoms with van der Waals surface area (Å²) in [6.07, 6.45) is 4.20. The van der Waals surface area contributed by atoms with Gasteiger partial charge in [-0.15, -0.1) is 0 Å². The van der Waals surface area contributed by atoms with E-state index in [0.717, 1.165) is 25.7 Å². The molecule has 17 heavy (non-hydrogen) atoms. The molecule has 96 valence electrons. The van der Waals surface area contributed by atoms with Crippen molar-refractivity contribution in [3.8, 4) is 0 Å². The molecule has 1 heterocycles. The van der Waals surface area contributed by atoms with E-state index >= 15 is 0 Å². The molecule has 0 aromatic heterocycles. The fourth-order valence-electron chi connectivity index (χ4n) is 2.43. The van der Waals surface area contributed by atoms with Gasteiger partial charge in [-0.3, -0.25) is 14.9 Å². The van der Waals surface area contributed by atoms with Gasteiger partial charge in [-0.2, -0.15) is 0 Å². The van der Waals surface area contributed by atoms with E-state index < -0.39 is 0 Å². The fraction of sp³-hybridized carbons (Fsp3) is 0.833. The molecule has 1 spiro atoms. The van der Waals surface area contributed by atoms with E-state index in [1.807, 2.05) is 4.90 Å². The molecule has 5 heteroatoms. The van der Waals surface area contributed by atoms with Crippen LogP contribution in [0.4, 0.5) is 0 Å². The number of hydrogen-bond acceptors (Lipinski definition) is 4. The Morgan fingerprint density at radius 2 is 2.29 bits per heavy atom. The molecule has 2 fully saturated rings. The number of nitrogens with zero attached hydrogens (tertiary/aromatic N) is 1. The Labute approximate surface area is 101 Å². The van der Waals surface area contributed by atoms with Gasteiger partial charge >= 0.3 is 5.97 Å². The van der Waals surface area contributed by atoms with Crippen molar-refractivity contribution in [2.75, 3.05) is 13.7 Å². The largest absolute Gasteiger partial charge is 0.469 e. The number of rotatable bonds is 5. The molecule has 2 aliphatic rings. The van der Waals surface area contributed by atoms with Crippen LogP contribution in [0.25, 0.3) is 0 Å². The molecular weight excluding hydrogens is 220 g/mol. The number of hydrogen-bond donors (Lipinski definition) is 1. The third kappa shape index (κ3) is 2.29. The zero-order valence-corrected chi connectivity index (χ0v) is 10.5. The third-order valence-corrected chi connectivity index (χ3v) is 3.59. The number of carbonyl (C=O) groups is 2. The van der Waals surface area contributed by atoms with Crippen molar-refractivity contribution in [2.45, 2.75) is 50.7 Å². The summed E-state index contributed by atoms with van der Waals surface area (Å²) in [7, 11) is 1.37. The van der Waals surface area contributed by atoms with Crippen LogP contribution in [0.5, 0.6) is 0 Å². The zero-order chi connectivity index (χ0) is 12.5. The summed E-state index contributed by atoms with van der Waals surface area (Å²) in [4.78, 5) is 25.1. The van der Waals surface area contributed by atoms with Crippen LogP contribution < -0.4 is 5.32 Å². The summed E-state index contributed by atoms with van der Waals surface area (Å²) in [6.45, 7) is 2.56. The maximum atomic E-state index is 12.2. The third-order valence-electron chi connectivity index (χ3n) is 3.59. The highest BCUT2D eigenvalue weighted by atomic mass is 16.5. The van der Waals surface area contributed by atoms with Crippen LogP contribution >= 0.6 is 0 Å². The van der Waals surface area contributed by atoms with Crippen molar-refractivity contribution in [2.24, 2.45) is 0 Å². The molecule has 1 N–H and O–H groups in total. The number of ether oxygens (including phenoxy) is 1. The number of methoxy groups -OCH3 is 1. The summed E-state index contributed by atoms with van der Waals surface area (Å²) in [6, 6.07) is 0. The summed E-state index contributed by atoms with van der Waals surface area (Å²) >= 11 is 0. The maximum absolute atomic E-state index is 12.2. The van der Waals surface area contributed by atoms with E-state index in [-0.39, 0.29) is 30.0 Å². The van der Waals surface area contributed by atoms with Crippen LogP contribution in [-0.4, -0.2) is 42.1 Å². The van der Waals surface area contributed by atoms with Crippen molar-refractivity contribution < 1.29 is 14.3 Å². The summed E-state index contributed by atoms with van der Waals surface area (Å²) in [5.41, 5.74) is -0.282. The highest BCUT2D eigenvalue weighted by molar-refractivity contribution is 5.92. The quantitative estimate of drug-likeness (QED) is 0.716. The first-order valence-electron chi connectivity index (χ1n) is 6.28. The first-order valence-corrected chi connectivity index (χ1v) is 6.28. The van der Waals surface area contributed by atoms with E-state index in [9.17, 15) is 9.59 Å². The van der Waals surface area contributed by atoms with E-state index in [2.05, 4.69) is 17.0 Å². The van der Waals surface area contributed by atoms with Crippen LogP contribution in [0.2, 0.25) is 0 Å². The van der Waals surface area contributed by atoms with E-state index in [4.69, 9.17) is 0 Å². The standard InChI is InChI=1S/C12H20N2O3/c1-3-4-9-13-12(6-7-12)11(16)14(9)8-5-10(15)17-2/h9,13H,3-8H2,1-2H3. The molecule has 1 aliphatic carbocycles. The molecule has 1 saturated carbocycles. The molecule has 0 aromatic carbocycles. The molecule has 0 aromatic rings. The molecule has 1 aliphatic heterocycles. The van der Waals surface area contributed by atoms with E-state index in [1.165, 1.54) is 7.11 Å². The first kappa shape index (κ1) is 12.4. The van der Waals surface area contributed by atoms with Crippen LogP contribution in [0.3, 0.4) is 0 Å². The van der Waals surface area contributed by atoms with Crippen LogP contribution in [0, 0.1) is 0 Å². The Hall–Kier alpha value is -1.10. The minimum Gasteiger partial charge on any atom is -0.469 e. The van der Waals surface area contributed by atoms with Crippen LogP contribution in [0.1, 0.15) is 39.0 Å². The second-order valence-corrected chi connectivity index (χ2v) is 4.86. The van der Waals surface area contributed by atoms with Gasteiger partial charge in [0.1, 0.15) is 0 Å². The number of amides is 1. The Morgan fingerprint density at radius 3 is 2.82 bits per heavy atom. The average Bonchev–Trinajstić information content (AvgIpc) is 3.04. The number of nitrogens with one attached hydrogen (secondary N) is 1. The van der Waals surface area contributed by atoms with Gasteiger partial charge < -0.3 is 9.64 Å². The Morgan fingerprint density at radius 1 is 1.59 bits per heavy atom. The van der Waals surface area contributed by atoms with Gasteiger partial charge in [0.25, 0.3) is 0 Å². The Balaban J connectivity index is 1.96. The van der Waals surface area contributed by atoms with Crippen LogP contribution in [0.15, 0.2) is 0 Å². The topological polar surface area (TPSA) is 58.6 Å². The van der Waals surface area contributed by atoms with Gasteiger partial charge in [-0.05, 0) is 19.3 Å². The minimum absolute atomic E-state index is 0.0969. The minimum atomic E-state index is -0.282. The highest BCUT2D eigenvalue weighted by Crippen LogP contribution is 2.42. The zero-order valence-electron chi connectivity index (χ0n) is 10.5. The number of carbonyl (C=O) groups excluding carboxylic acids is 2. The number of esters is 1. The fourth-order valence-corrected chi connectivity index (χ4v) is 2.43. The highest BCUT2D eigenvalue weighted by Gasteiger charge is 2.58. The maximum Gasteiger partial charge on any atom is 0.307 e. The average molecular weight is 240 g/mol. The Kier molecular flexibility index (Phi) is 3.38. The second-order valence-electron chi connectivity index (χ2n) is 4.86. The lowest BCUT2D eigenvalue weighted by Crippen LogP contribution is -2.38. The molecule has 0 radical (unpaired) electrons. The molecule has 2 rings (SSSR count). The lowest BCUT2D eigenvalue weighted by molar-refractivity contribution is -0.141. The van der Waals surface area contributed by atoms with E-state index in [1.54, 1.807) is 0 Å². The smallest absolute Gasteiger partial charge is 0.307 e. The molecule has 1 amide bonds. The molecular formula is C12H20N2O3. The predicted molar refractivity (Wildman–Crippen MR) is 62.1 cm³/mol. The monoisotopic (exact) mass is 240 g/mol. The second kappa shape index (κ2) is 4.64. The first-order chi connectivity index (χ1) is 8.13. The van der Waals surface area contributed by atoms with Crippen molar-refractivity contribution >= 4 is 11.9 Å². The van der Waals surface area contributed by atoms with Gasteiger partial charge in [0.2, 0.25) is 5.91 Å². The van der Waals surface area contributed by atoms with Crippen LogP contribution in [-0.2, 0) is 14.3 Å². The van der Waals surface area contributed by atoms with Gasteiger partial charge in [-0.1, -0.05) is 13.3 Å². The van der Waals surface area contributed by atoms with Crippen molar-refractivity contribution in [1.82, 2.24) is 10.2 Å².